The fourth-order valence-corrected chi connectivity index (χ4v) is 3.87. The van der Waals surface area contributed by atoms with Crippen LogP contribution in [0.2, 0.25) is 0 Å². The van der Waals surface area contributed by atoms with Gasteiger partial charge in [0.15, 0.2) is 5.82 Å². The molecule has 144 valence electrons. The molecule has 0 bridgehead atoms. The Kier molecular flexibility index (Phi) is 4.89. The summed E-state index contributed by atoms with van der Waals surface area (Å²) >= 11 is 3.50. The van der Waals surface area contributed by atoms with Crippen LogP contribution in [0.3, 0.4) is 0 Å². The molecule has 0 atom stereocenters. The highest BCUT2D eigenvalue weighted by molar-refractivity contribution is 9.10. The van der Waals surface area contributed by atoms with Gasteiger partial charge in [0.05, 0.1) is 17.3 Å². The van der Waals surface area contributed by atoms with Gasteiger partial charge in [-0.2, -0.15) is 5.10 Å². The monoisotopic (exact) mass is 440 g/mol. The maximum absolute atomic E-state index is 12.5. The molecule has 1 aliphatic rings. The number of amides is 1. The van der Waals surface area contributed by atoms with Crippen LogP contribution in [0.4, 0.5) is 11.5 Å². The number of nitrogens with one attached hydrogen (secondary N) is 1. The third-order valence-corrected chi connectivity index (χ3v) is 5.48. The summed E-state index contributed by atoms with van der Waals surface area (Å²) in [5.74, 6) is 1.49. The molecule has 28 heavy (non-hydrogen) atoms. The molecular weight excluding hydrogens is 420 g/mol. The summed E-state index contributed by atoms with van der Waals surface area (Å²) in [6.45, 7) is 7.22. The Bertz CT molecular complexity index is 1040. The number of anilines is 2. The lowest BCUT2D eigenvalue weighted by Gasteiger charge is -2.39. The summed E-state index contributed by atoms with van der Waals surface area (Å²) in [6, 6.07) is 9.80. The molecule has 0 radical (unpaired) electrons. The molecule has 1 aromatic carbocycles. The Balaban J connectivity index is 1.42. The first-order valence-corrected chi connectivity index (χ1v) is 9.87. The Morgan fingerprint density at radius 2 is 1.86 bits per heavy atom. The molecule has 4 rings (SSSR count). The molecule has 1 saturated heterocycles. The lowest BCUT2D eigenvalue weighted by atomic mass is 9.99. The minimum absolute atomic E-state index is 0.0219. The summed E-state index contributed by atoms with van der Waals surface area (Å²) in [6.07, 6.45) is 1.54. The maximum atomic E-state index is 12.5. The van der Waals surface area contributed by atoms with E-state index in [-0.39, 0.29) is 11.8 Å². The Morgan fingerprint density at radius 1 is 1.11 bits per heavy atom. The van der Waals surface area contributed by atoms with Gasteiger partial charge in [-0.05, 0) is 60.5 Å². The summed E-state index contributed by atoms with van der Waals surface area (Å²) in [7, 11) is 0. The summed E-state index contributed by atoms with van der Waals surface area (Å²) < 4.78 is 2.70. The van der Waals surface area contributed by atoms with Crippen molar-refractivity contribution in [1.29, 1.82) is 0 Å². The summed E-state index contributed by atoms with van der Waals surface area (Å²) in [4.78, 5) is 23.3. The Labute approximate surface area is 171 Å². The van der Waals surface area contributed by atoms with Gasteiger partial charge >= 0.3 is 0 Å². The molecule has 3 heterocycles. The number of rotatable bonds is 4. The van der Waals surface area contributed by atoms with E-state index in [0.29, 0.717) is 13.1 Å². The highest BCUT2D eigenvalue weighted by Crippen LogP contribution is 2.27. The zero-order chi connectivity index (χ0) is 19.8. The second-order valence-electron chi connectivity index (χ2n) is 7.15. The van der Waals surface area contributed by atoms with Crippen LogP contribution in [0.15, 0.2) is 41.1 Å². The zero-order valence-corrected chi connectivity index (χ0v) is 17.6. The van der Waals surface area contributed by atoms with E-state index in [4.69, 9.17) is 0 Å². The molecule has 8 heteroatoms. The van der Waals surface area contributed by atoms with Crippen LogP contribution in [0.25, 0.3) is 5.82 Å². The van der Waals surface area contributed by atoms with Crippen LogP contribution in [-0.4, -0.2) is 38.7 Å². The zero-order valence-electron chi connectivity index (χ0n) is 16.0. The number of hydrogen-bond acceptors (Lipinski definition) is 5. The average molecular weight is 441 g/mol. The predicted octanol–water partition coefficient (Wildman–Crippen LogP) is 3.42. The number of aryl methyl sites for hydroxylation is 3. The molecule has 0 unspecified atom stereocenters. The van der Waals surface area contributed by atoms with E-state index in [1.54, 1.807) is 4.68 Å². The van der Waals surface area contributed by atoms with Crippen molar-refractivity contribution in [2.24, 2.45) is 5.92 Å². The van der Waals surface area contributed by atoms with Crippen LogP contribution < -0.4 is 10.2 Å². The van der Waals surface area contributed by atoms with Gasteiger partial charge in [0, 0.05) is 29.3 Å². The van der Waals surface area contributed by atoms with Crippen molar-refractivity contribution in [3.05, 3.63) is 58.1 Å². The van der Waals surface area contributed by atoms with Crippen LogP contribution in [0, 0.1) is 26.7 Å². The van der Waals surface area contributed by atoms with Crippen LogP contribution in [0.5, 0.6) is 0 Å². The minimum atomic E-state index is -0.0692. The molecule has 1 aliphatic heterocycles. The van der Waals surface area contributed by atoms with E-state index in [9.17, 15) is 4.79 Å². The van der Waals surface area contributed by atoms with E-state index in [2.05, 4.69) is 41.2 Å². The quantitative estimate of drug-likeness (QED) is 0.672. The average Bonchev–Trinajstić information content (AvgIpc) is 2.95. The van der Waals surface area contributed by atoms with Gasteiger partial charge in [0.1, 0.15) is 12.1 Å². The topological polar surface area (TPSA) is 75.9 Å². The lowest BCUT2D eigenvalue weighted by Crippen LogP contribution is -2.52. The van der Waals surface area contributed by atoms with Crippen molar-refractivity contribution in [3.63, 3.8) is 0 Å². The first-order valence-electron chi connectivity index (χ1n) is 9.08. The number of benzene rings is 1. The van der Waals surface area contributed by atoms with Gasteiger partial charge < -0.3 is 10.2 Å². The van der Waals surface area contributed by atoms with Crippen LogP contribution >= 0.6 is 15.9 Å². The van der Waals surface area contributed by atoms with Crippen molar-refractivity contribution in [1.82, 2.24) is 19.7 Å². The molecule has 3 aromatic rings. The number of hydrogen-bond donors (Lipinski definition) is 1. The molecule has 2 aromatic heterocycles. The predicted molar refractivity (Wildman–Crippen MR) is 112 cm³/mol. The van der Waals surface area contributed by atoms with Crippen LogP contribution in [0.1, 0.15) is 17.0 Å². The highest BCUT2D eigenvalue weighted by atomic mass is 79.9. The third-order valence-electron chi connectivity index (χ3n) is 4.82. The Hall–Kier alpha value is -2.74. The van der Waals surface area contributed by atoms with Gasteiger partial charge in [-0.3, -0.25) is 4.79 Å². The van der Waals surface area contributed by atoms with Crippen molar-refractivity contribution >= 4 is 33.3 Å². The van der Waals surface area contributed by atoms with Crippen molar-refractivity contribution in [3.8, 4) is 5.82 Å². The molecule has 0 spiro atoms. The number of carbonyl (C=O) groups excluding carboxylic acids is 1. The number of halogens is 1. The molecular formula is C20H21BrN6O. The van der Waals surface area contributed by atoms with Gasteiger partial charge in [0.25, 0.3) is 0 Å². The standard InChI is InChI=1S/C20H21BrN6O/c1-12-4-5-17(16(21)6-12)24-20(28)15-9-26(10-15)18-8-19(23-11-22-18)27-14(3)7-13(2)25-27/h4-8,11,15H,9-10H2,1-3H3,(H,24,28). The molecule has 1 amide bonds. The van der Waals surface area contributed by atoms with Crippen molar-refractivity contribution in [2.45, 2.75) is 20.8 Å². The van der Waals surface area contributed by atoms with Gasteiger partial charge in [-0.1, -0.05) is 6.07 Å². The minimum Gasteiger partial charge on any atom is -0.355 e. The molecule has 0 aliphatic carbocycles. The van der Waals surface area contributed by atoms with Crippen molar-refractivity contribution < 1.29 is 4.79 Å². The van der Waals surface area contributed by atoms with Gasteiger partial charge in [-0.15, -0.1) is 0 Å². The smallest absolute Gasteiger partial charge is 0.231 e. The Morgan fingerprint density at radius 3 is 2.54 bits per heavy atom. The second-order valence-corrected chi connectivity index (χ2v) is 8.00. The second kappa shape index (κ2) is 7.35. The maximum Gasteiger partial charge on any atom is 0.231 e. The fraction of sp³-hybridized carbons (Fsp3) is 0.300. The molecule has 0 saturated carbocycles. The number of nitrogens with zero attached hydrogens (tertiary/aromatic N) is 5. The van der Waals surface area contributed by atoms with Gasteiger partial charge in [0.2, 0.25) is 5.91 Å². The number of aromatic nitrogens is 4. The van der Waals surface area contributed by atoms with Gasteiger partial charge in [-0.25, -0.2) is 14.6 Å². The third kappa shape index (κ3) is 3.64. The lowest BCUT2D eigenvalue weighted by molar-refractivity contribution is -0.120. The molecule has 1 fully saturated rings. The normalized spacial score (nSPS) is 14.1. The first kappa shape index (κ1) is 18.6. The van der Waals surface area contributed by atoms with E-state index in [1.807, 2.05) is 51.1 Å². The van der Waals surface area contributed by atoms with E-state index >= 15 is 0 Å². The largest absolute Gasteiger partial charge is 0.355 e. The van der Waals surface area contributed by atoms with E-state index < -0.39 is 0 Å². The van der Waals surface area contributed by atoms with E-state index in [0.717, 1.165) is 38.7 Å². The molecule has 1 N–H and O–H groups in total. The van der Waals surface area contributed by atoms with Crippen molar-refractivity contribution in [2.75, 3.05) is 23.3 Å². The molecule has 7 nitrogen and oxygen atoms in total. The number of carbonyl (C=O) groups is 1. The van der Waals surface area contributed by atoms with Crippen LogP contribution in [-0.2, 0) is 4.79 Å². The summed E-state index contributed by atoms with van der Waals surface area (Å²) in [5.41, 5.74) is 3.90. The van der Waals surface area contributed by atoms with E-state index in [1.165, 1.54) is 6.33 Å². The fourth-order valence-electron chi connectivity index (χ4n) is 3.27. The highest BCUT2D eigenvalue weighted by Gasteiger charge is 2.34. The first-order chi connectivity index (χ1) is 13.4. The summed E-state index contributed by atoms with van der Waals surface area (Å²) in [5, 5.41) is 7.47. The SMILES string of the molecule is Cc1ccc(NC(=O)C2CN(c3cc(-n4nc(C)cc4C)ncn3)C2)c(Br)c1.